The molecular formula is C11H17N3O2S. The second kappa shape index (κ2) is 6.09. The molecule has 17 heavy (non-hydrogen) atoms. The van der Waals surface area contributed by atoms with Crippen LogP contribution >= 0.6 is 11.3 Å². The van der Waals surface area contributed by atoms with Gasteiger partial charge in [-0.05, 0) is 12.8 Å². The van der Waals surface area contributed by atoms with E-state index in [-0.39, 0.29) is 5.91 Å². The van der Waals surface area contributed by atoms with Gasteiger partial charge in [-0.3, -0.25) is 10.2 Å². The third kappa shape index (κ3) is 3.49. The highest BCUT2D eigenvalue weighted by molar-refractivity contribution is 7.11. The molecule has 94 valence electrons. The average Bonchev–Trinajstić information content (AvgIpc) is 2.85. The molecule has 0 atom stereocenters. The lowest BCUT2D eigenvalue weighted by atomic mass is 9.98. The minimum Gasteiger partial charge on any atom is -0.372 e. The van der Waals surface area contributed by atoms with Crippen LogP contribution in [0.3, 0.4) is 0 Å². The number of nitrogens with one attached hydrogen (secondary N) is 1. The fourth-order valence-electron chi connectivity index (χ4n) is 1.97. The van der Waals surface area contributed by atoms with Crippen LogP contribution in [0.15, 0.2) is 5.38 Å². The van der Waals surface area contributed by atoms with Crippen LogP contribution in [0.1, 0.15) is 47.6 Å². The molecule has 0 bridgehead atoms. The number of carbonyl (C=O) groups is 1. The molecule has 5 nitrogen and oxygen atoms in total. The fourth-order valence-corrected chi connectivity index (χ4v) is 2.68. The Morgan fingerprint density at radius 1 is 1.53 bits per heavy atom. The number of nitrogen functional groups attached to an aromatic ring is 1. The van der Waals surface area contributed by atoms with Gasteiger partial charge in [0.2, 0.25) is 0 Å². The average molecular weight is 255 g/mol. The van der Waals surface area contributed by atoms with Crippen molar-refractivity contribution in [2.75, 3.05) is 0 Å². The van der Waals surface area contributed by atoms with Crippen molar-refractivity contribution < 1.29 is 9.53 Å². The van der Waals surface area contributed by atoms with E-state index >= 15 is 0 Å². The van der Waals surface area contributed by atoms with Crippen molar-refractivity contribution in [2.24, 2.45) is 5.84 Å². The maximum absolute atomic E-state index is 11.2. The van der Waals surface area contributed by atoms with Gasteiger partial charge in [0.1, 0.15) is 0 Å². The van der Waals surface area contributed by atoms with Crippen molar-refractivity contribution >= 4 is 17.2 Å². The van der Waals surface area contributed by atoms with Gasteiger partial charge in [-0.25, -0.2) is 10.8 Å². The zero-order valence-electron chi connectivity index (χ0n) is 9.65. The van der Waals surface area contributed by atoms with Gasteiger partial charge in [0.05, 0.1) is 18.4 Å². The van der Waals surface area contributed by atoms with Crippen LogP contribution in [-0.4, -0.2) is 17.0 Å². The summed E-state index contributed by atoms with van der Waals surface area (Å²) in [7, 11) is 0. The SMILES string of the molecule is NNC(=O)c1nc(COC2CCCCC2)cs1. The van der Waals surface area contributed by atoms with Crippen LogP contribution in [0, 0.1) is 0 Å². The molecule has 1 aromatic rings. The first-order valence-electron chi connectivity index (χ1n) is 5.86. The van der Waals surface area contributed by atoms with Gasteiger partial charge < -0.3 is 4.74 Å². The van der Waals surface area contributed by atoms with Crippen LogP contribution < -0.4 is 11.3 Å². The Hall–Kier alpha value is -0.980. The van der Waals surface area contributed by atoms with Gasteiger partial charge in [0.25, 0.3) is 5.91 Å². The summed E-state index contributed by atoms with van der Waals surface area (Å²) in [6.45, 7) is 0.485. The van der Waals surface area contributed by atoms with Crippen molar-refractivity contribution in [3.8, 4) is 0 Å². The van der Waals surface area contributed by atoms with Crippen molar-refractivity contribution in [1.82, 2.24) is 10.4 Å². The Morgan fingerprint density at radius 2 is 2.29 bits per heavy atom. The largest absolute Gasteiger partial charge is 0.372 e. The van der Waals surface area contributed by atoms with Crippen LogP contribution in [0.5, 0.6) is 0 Å². The van der Waals surface area contributed by atoms with Gasteiger partial charge in [-0.1, -0.05) is 19.3 Å². The summed E-state index contributed by atoms with van der Waals surface area (Å²) in [5.41, 5.74) is 2.87. The first kappa shape index (κ1) is 12.5. The second-order valence-corrected chi connectivity index (χ2v) is 5.05. The Morgan fingerprint density at radius 3 is 3.00 bits per heavy atom. The quantitative estimate of drug-likeness (QED) is 0.486. The first-order valence-corrected chi connectivity index (χ1v) is 6.74. The Kier molecular flexibility index (Phi) is 4.47. The molecule has 0 aliphatic heterocycles. The monoisotopic (exact) mass is 255 g/mol. The van der Waals surface area contributed by atoms with Gasteiger partial charge in [-0.15, -0.1) is 11.3 Å². The Balaban J connectivity index is 1.82. The Labute approximate surface area is 104 Å². The van der Waals surface area contributed by atoms with Crippen LogP contribution in [-0.2, 0) is 11.3 Å². The fraction of sp³-hybridized carbons (Fsp3) is 0.636. The zero-order valence-corrected chi connectivity index (χ0v) is 10.5. The topological polar surface area (TPSA) is 77.2 Å². The summed E-state index contributed by atoms with van der Waals surface area (Å²) in [5.74, 6) is 4.69. The summed E-state index contributed by atoms with van der Waals surface area (Å²) in [6.07, 6.45) is 6.46. The van der Waals surface area contributed by atoms with E-state index in [9.17, 15) is 4.79 Å². The predicted octanol–water partition coefficient (Wildman–Crippen LogP) is 1.60. The molecule has 0 aromatic carbocycles. The van der Waals surface area contributed by atoms with Gasteiger partial charge >= 0.3 is 0 Å². The summed E-state index contributed by atoms with van der Waals surface area (Å²) in [5, 5.41) is 2.22. The molecule has 1 aromatic heterocycles. The first-order chi connectivity index (χ1) is 8.29. The molecule has 0 spiro atoms. The van der Waals surface area contributed by atoms with E-state index in [0.29, 0.717) is 17.7 Å². The number of nitrogens with two attached hydrogens (primary N) is 1. The highest BCUT2D eigenvalue weighted by Gasteiger charge is 2.15. The molecule has 1 heterocycles. The van der Waals surface area contributed by atoms with E-state index in [1.54, 1.807) is 0 Å². The molecule has 1 saturated carbocycles. The normalized spacial score (nSPS) is 17.0. The molecule has 1 fully saturated rings. The Bertz CT molecular complexity index is 375. The highest BCUT2D eigenvalue weighted by atomic mass is 32.1. The summed E-state index contributed by atoms with van der Waals surface area (Å²) in [4.78, 5) is 15.4. The lowest BCUT2D eigenvalue weighted by molar-refractivity contribution is 0.0154. The lowest BCUT2D eigenvalue weighted by Gasteiger charge is -2.21. The number of rotatable bonds is 4. The van der Waals surface area contributed by atoms with E-state index in [0.717, 1.165) is 18.5 Å². The van der Waals surface area contributed by atoms with Gasteiger partial charge in [0, 0.05) is 5.38 Å². The zero-order chi connectivity index (χ0) is 12.1. The van der Waals surface area contributed by atoms with Crippen LogP contribution in [0.4, 0.5) is 0 Å². The predicted molar refractivity (Wildman–Crippen MR) is 65.4 cm³/mol. The minimum atomic E-state index is -0.348. The number of carbonyl (C=O) groups excluding carboxylic acids is 1. The smallest absolute Gasteiger partial charge is 0.294 e. The van der Waals surface area contributed by atoms with Crippen LogP contribution in [0.2, 0.25) is 0 Å². The maximum Gasteiger partial charge on any atom is 0.294 e. The molecule has 1 aliphatic rings. The molecule has 0 radical (unpaired) electrons. The molecule has 3 N–H and O–H groups in total. The van der Waals surface area contributed by atoms with Gasteiger partial charge in [0.15, 0.2) is 5.01 Å². The number of ether oxygens (including phenoxy) is 1. The number of nitrogens with zero attached hydrogens (tertiary/aromatic N) is 1. The number of amides is 1. The van der Waals surface area contributed by atoms with Crippen molar-refractivity contribution in [3.05, 3.63) is 16.1 Å². The molecule has 0 saturated heterocycles. The van der Waals surface area contributed by atoms with E-state index in [2.05, 4.69) is 10.4 Å². The second-order valence-electron chi connectivity index (χ2n) is 4.19. The van der Waals surface area contributed by atoms with Gasteiger partial charge in [-0.2, -0.15) is 0 Å². The summed E-state index contributed by atoms with van der Waals surface area (Å²) < 4.78 is 5.78. The molecular weight excluding hydrogens is 238 g/mol. The molecule has 6 heteroatoms. The highest BCUT2D eigenvalue weighted by Crippen LogP contribution is 2.21. The van der Waals surface area contributed by atoms with E-state index in [1.807, 2.05) is 5.38 Å². The van der Waals surface area contributed by atoms with E-state index in [1.165, 1.54) is 30.6 Å². The maximum atomic E-state index is 11.2. The van der Waals surface area contributed by atoms with Crippen molar-refractivity contribution in [2.45, 2.75) is 44.8 Å². The minimum absolute atomic E-state index is 0.348. The number of thiazole rings is 1. The van der Waals surface area contributed by atoms with Crippen molar-refractivity contribution in [3.63, 3.8) is 0 Å². The number of aromatic nitrogens is 1. The van der Waals surface area contributed by atoms with Crippen molar-refractivity contribution in [1.29, 1.82) is 0 Å². The number of hydrogen-bond donors (Lipinski definition) is 2. The number of hydrazine groups is 1. The number of hydrogen-bond acceptors (Lipinski definition) is 5. The molecule has 1 amide bonds. The molecule has 0 unspecified atom stereocenters. The standard InChI is InChI=1S/C11H17N3O2S/c12-14-10(15)11-13-8(7-17-11)6-16-9-4-2-1-3-5-9/h7,9H,1-6,12H2,(H,14,15). The third-order valence-corrected chi connectivity index (χ3v) is 3.79. The summed E-state index contributed by atoms with van der Waals surface area (Å²) in [6, 6.07) is 0. The molecule has 1 aliphatic carbocycles. The van der Waals surface area contributed by atoms with E-state index in [4.69, 9.17) is 10.6 Å². The summed E-state index contributed by atoms with van der Waals surface area (Å²) >= 11 is 1.29. The van der Waals surface area contributed by atoms with Crippen LogP contribution in [0.25, 0.3) is 0 Å². The van der Waals surface area contributed by atoms with E-state index < -0.39 is 0 Å². The molecule has 2 rings (SSSR count). The third-order valence-electron chi connectivity index (χ3n) is 2.90. The lowest BCUT2D eigenvalue weighted by Crippen LogP contribution is -2.29.